The van der Waals surface area contributed by atoms with Crippen molar-refractivity contribution < 1.29 is 4.43 Å². The fraction of sp³-hybridized carbons (Fsp3) is 0.619. The van der Waals surface area contributed by atoms with Crippen molar-refractivity contribution in [2.75, 3.05) is 0 Å². The molecule has 1 aromatic carbocycles. The van der Waals surface area contributed by atoms with E-state index >= 15 is 0 Å². The predicted octanol–water partition coefficient (Wildman–Crippen LogP) is 7.60. The third-order valence-electron chi connectivity index (χ3n) is 5.81. The predicted molar refractivity (Wildman–Crippen MR) is 114 cm³/mol. The molecule has 0 spiro atoms. The maximum Gasteiger partial charge on any atom is 0.201 e. The molecule has 0 aromatic heterocycles. The summed E-state index contributed by atoms with van der Waals surface area (Å²) in [6, 6.07) is 10.3. The highest BCUT2D eigenvalue weighted by atomic mass is 35.5. The minimum absolute atomic E-state index is 0.499. The number of hydrogen-bond donors (Lipinski definition) is 0. The lowest BCUT2D eigenvalue weighted by Crippen LogP contribution is -2.52. The molecule has 0 N–H and O–H groups in total. The number of hydrogen-bond acceptors (Lipinski definition) is 1. The zero-order valence-corrected chi connectivity index (χ0v) is 19.1. The molecule has 0 bridgehead atoms. The van der Waals surface area contributed by atoms with Gasteiger partial charge in [0, 0.05) is 6.42 Å². The molecule has 0 heterocycles. The molecule has 1 saturated carbocycles. The minimum atomic E-state index is -2.08. The zero-order chi connectivity index (χ0) is 19.0. The van der Waals surface area contributed by atoms with Crippen LogP contribution >= 0.6 is 23.2 Å². The van der Waals surface area contributed by atoms with Crippen molar-refractivity contribution in [1.29, 1.82) is 0 Å². The summed E-state index contributed by atoms with van der Waals surface area (Å²) < 4.78 is 6.24. The Hall–Kier alpha value is -0.283. The molecule has 140 valence electrons. The summed E-state index contributed by atoms with van der Waals surface area (Å²) in [7, 11) is -2.08. The van der Waals surface area contributed by atoms with Gasteiger partial charge in [-0.3, -0.25) is 0 Å². The number of halogens is 2. The fourth-order valence-corrected chi connectivity index (χ4v) is 11.1. The Balaban J connectivity index is 2.46. The van der Waals surface area contributed by atoms with Gasteiger partial charge in [-0.25, -0.2) is 0 Å². The van der Waals surface area contributed by atoms with Gasteiger partial charge in [-0.1, -0.05) is 101 Å². The Kier molecular flexibility index (Phi) is 6.21. The molecule has 0 saturated heterocycles. The minimum Gasteiger partial charge on any atom is -0.404 e. The second-order valence-electron chi connectivity index (χ2n) is 8.37. The fourth-order valence-electron chi connectivity index (χ4n) is 4.46. The molecule has 1 aromatic rings. The smallest absolute Gasteiger partial charge is 0.201 e. The van der Waals surface area contributed by atoms with Gasteiger partial charge in [0.2, 0.25) is 8.32 Å². The number of alkyl halides is 2. The lowest BCUT2D eigenvalue weighted by atomic mass is 10.1. The Morgan fingerprint density at radius 1 is 1.00 bits per heavy atom. The van der Waals surface area contributed by atoms with E-state index in [1.165, 1.54) is 0 Å². The summed E-state index contributed by atoms with van der Waals surface area (Å²) in [5.74, 6) is 0. The van der Waals surface area contributed by atoms with E-state index in [2.05, 4.69) is 66.7 Å². The van der Waals surface area contributed by atoms with E-state index in [0.29, 0.717) is 23.0 Å². The van der Waals surface area contributed by atoms with Crippen molar-refractivity contribution in [2.45, 2.75) is 81.4 Å². The van der Waals surface area contributed by atoms with Crippen LogP contribution in [0, 0.1) is 0 Å². The van der Waals surface area contributed by atoms with Crippen molar-refractivity contribution in [3.05, 3.63) is 41.5 Å². The van der Waals surface area contributed by atoms with E-state index in [1.54, 1.807) is 0 Å². The number of rotatable bonds is 7. The van der Waals surface area contributed by atoms with Crippen LogP contribution < -0.4 is 0 Å². The SMILES string of the molecule is C/C(=C\c1ccccc1)[C@]1(O[Si](C(C)C)(C(C)C)C(C)C)CC1(Cl)Cl. The van der Waals surface area contributed by atoms with Crippen LogP contribution in [0.4, 0.5) is 0 Å². The quantitative estimate of drug-likeness (QED) is 0.339. The molecule has 1 aliphatic carbocycles. The normalized spacial score (nSPS) is 23.6. The Bertz CT molecular complexity index is 600. The summed E-state index contributed by atoms with van der Waals surface area (Å²) in [5, 5.41) is 0. The summed E-state index contributed by atoms with van der Waals surface area (Å²) in [4.78, 5) is 0. The summed E-state index contributed by atoms with van der Waals surface area (Å²) in [5.41, 5.74) is 3.22. The molecule has 1 aliphatic rings. The first-order chi connectivity index (χ1) is 11.5. The Morgan fingerprint density at radius 2 is 1.44 bits per heavy atom. The third-order valence-corrected chi connectivity index (χ3v) is 12.8. The molecule has 0 amide bonds. The second-order valence-corrected chi connectivity index (χ2v) is 15.2. The first-order valence-electron chi connectivity index (χ1n) is 9.31. The molecular formula is C21H32Cl2OSi. The van der Waals surface area contributed by atoms with Gasteiger partial charge < -0.3 is 4.43 Å². The van der Waals surface area contributed by atoms with Gasteiger partial charge in [0.15, 0.2) is 4.33 Å². The van der Waals surface area contributed by atoms with E-state index in [0.717, 1.165) is 11.1 Å². The van der Waals surface area contributed by atoms with Gasteiger partial charge in [0.1, 0.15) is 5.60 Å². The molecule has 4 heteroatoms. The van der Waals surface area contributed by atoms with Gasteiger partial charge in [-0.15, -0.1) is 0 Å². The molecule has 25 heavy (non-hydrogen) atoms. The van der Waals surface area contributed by atoms with Crippen LogP contribution in [0.5, 0.6) is 0 Å². The highest BCUT2D eigenvalue weighted by Crippen LogP contribution is 2.66. The molecule has 0 radical (unpaired) electrons. The lowest BCUT2D eigenvalue weighted by Gasteiger charge is -2.45. The van der Waals surface area contributed by atoms with Crippen molar-refractivity contribution in [2.24, 2.45) is 0 Å². The van der Waals surface area contributed by atoms with Crippen molar-refractivity contribution in [3.8, 4) is 0 Å². The van der Waals surface area contributed by atoms with Crippen molar-refractivity contribution >= 4 is 37.6 Å². The maximum atomic E-state index is 7.08. The second kappa shape index (κ2) is 7.38. The molecule has 1 fully saturated rings. The average molecular weight is 399 g/mol. The monoisotopic (exact) mass is 398 g/mol. The molecular weight excluding hydrogens is 367 g/mol. The van der Waals surface area contributed by atoms with Crippen LogP contribution in [-0.4, -0.2) is 18.3 Å². The van der Waals surface area contributed by atoms with Gasteiger partial charge in [0.05, 0.1) is 0 Å². The largest absolute Gasteiger partial charge is 0.404 e. The first-order valence-corrected chi connectivity index (χ1v) is 12.2. The summed E-state index contributed by atoms with van der Waals surface area (Å²) in [6.07, 6.45) is 2.84. The molecule has 1 atom stereocenters. The highest BCUT2D eigenvalue weighted by Gasteiger charge is 2.71. The molecule has 0 aliphatic heterocycles. The standard InChI is InChI=1S/C21H32Cl2OSi/c1-15(2)25(16(3)4,17(5)6)24-20(14-21(20,22)23)18(7)13-19-11-9-8-10-12-19/h8-13,15-17H,14H2,1-7H3/b18-13+/t20-/m1/s1. The van der Waals surface area contributed by atoms with Gasteiger partial charge >= 0.3 is 0 Å². The van der Waals surface area contributed by atoms with Crippen LogP contribution in [0.1, 0.15) is 60.5 Å². The van der Waals surface area contributed by atoms with Crippen LogP contribution in [0.2, 0.25) is 16.6 Å². The molecule has 2 rings (SSSR count). The zero-order valence-electron chi connectivity index (χ0n) is 16.6. The Morgan fingerprint density at radius 3 is 1.80 bits per heavy atom. The van der Waals surface area contributed by atoms with Gasteiger partial charge in [-0.2, -0.15) is 0 Å². The highest BCUT2D eigenvalue weighted by molar-refractivity contribution is 6.78. The van der Waals surface area contributed by atoms with E-state index in [9.17, 15) is 0 Å². The van der Waals surface area contributed by atoms with Crippen molar-refractivity contribution in [3.63, 3.8) is 0 Å². The first kappa shape index (κ1) is 21.0. The topological polar surface area (TPSA) is 9.23 Å². The molecule has 1 nitrogen and oxygen atoms in total. The van der Waals surface area contributed by atoms with Crippen LogP contribution in [0.3, 0.4) is 0 Å². The average Bonchev–Trinajstić information content (AvgIpc) is 3.07. The van der Waals surface area contributed by atoms with Gasteiger partial charge in [-0.05, 0) is 34.7 Å². The lowest BCUT2D eigenvalue weighted by molar-refractivity contribution is 0.183. The summed E-state index contributed by atoms with van der Waals surface area (Å²) >= 11 is 13.3. The Labute approximate surface area is 164 Å². The third kappa shape index (κ3) is 3.74. The van der Waals surface area contributed by atoms with Crippen LogP contribution in [-0.2, 0) is 4.43 Å². The van der Waals surface area contributed by atoms with Crippen molar-refractivity contribution in [1.82, 2.24) is 0 Å². The number of benzene rings is 1. The van der Waals surface area contributed by atoms with E-state index in [1.807, 2.05) is 18.2 Å². The van der Waals surface area contributed by atoms with E-state index in [-0.39, 0.29) is 0 Å². The van der Waals surface area contributed by atoms with Crippen LogP contribution in [0.15, 0.2) is 35.9 Å². The van der Waals surface area contributed by atoms with Crippen LogP contribution in [0.25, 0.3) is 6.08 Å². The summed E-state index contributed by atoms with van der Waals surface area (Å²) in [6.45, 7) is 15.9. The van der Waals surface area contributed by atoms with E-state index in [4.69, 9.17) is 27.6 Å². The van der Waals surface area contributed by atoms with E-state index < -0.39 is 18.3 Å². The molecule has 0 unspecified atom stereocenters. The maximum absolute atomic E-state index is 7.08. The van der Waals surface area contributed by atoms with Gasteiger partial charge in [0.25, 0.3) is 0 Å².